The smallest absolute Gasteiger partial charge is 0.326 e. The minimum Gasteiger partial charge on any atom is -0.480 e. The number of rotatable bonds is 8. The average Bonchev–Trinajstić information content (AvgIpc) is 3.59. The number of nitrogens with one attached hydrogen (secondary N) is 3. The van der Waals surface area contributed by atoms with Crippen LogP contribution in [0, 0.1) is 0 Å². The zero-order valence-electron chi connectivity index (χ0n) is 21.5. The highest BCUT2D eigenvalue weighted by atomic mass is 16.4. The maximum Gasteiger partial charge on any atom is 0.326 e. The van der Waals surface area contributed by atoms with Gasteiger partial charge < -0.3 is 25.1 Å². The number of carboxylic acids is 1. The number of aromatic amines is 1. The van der Waals surface area contributed by atoms with Crippen molar-refractivity contribution in [1.29, 1.82) is 0 Å². The van der Waals surface area contributed by atoms with Crippen LogP contribution in [0.15, 0.2) is 59.4 Å². The number of hydrogen-bond donors (Lipinski definition) is 4. The first-order valence-corrected chi connectivity index (χ1v) is 13.6. The Morgan fingerprint density at radius 2 is 1.65 bits per heavy atom. The van der Waals surface area contributed by atoms with Gasteiger partial charge in [-0.1, -0.05) is 56.7 Å². The number of hydrogen-bond acceptors (Lipinski definition) is 4. The fourth-order valence-corrected chi connectivity index (χ4v) is 5.36. The average molecular weight is 506 g/mol. The summed E-state index contributed by atoms with van der Waals surface area (Å²) in [6.45, 7) is 0. The van der Waals surface area contributed by atoms with Crippen LogP contribution in [0.3, 0.4) is 0 Å². The van der Waals surface area contributed by atoms with Gasteiger partial charge in [-0.2, -0.15) is 0 Å². The molecule has 2 aliphatic carbocycles. The number of carbonyl (C=O) groups is 2. The van der Waals surface area contributed by atoms with Crippen LogP contribution in [-0.4, -0.2) is 40.1 Å². The third kappa shape index (κ3) is 8.35. The van der Waals surface area contributed by atoms with Crippen molar-refractivity contribution in [3.63, 3.8) is 0 Å². The molecule has 0 radical (unpaired) electrons. The van der Waals surface area contributed by atoms with Gasteiger partial charge in [0.15, 0.2) is 0 Å². The van der Waals surface area contributed by atoms with Gasteiger partial charge >= 0.3 is 5.97 Å². The summed E-state index contributed by atoms with van der Waals surface area (Å²) in [5.41, 5.74) is 1.77. The van der Waals surface area contributed by atoms with Gasteiger partial charge in [0.1, 0.15) is 11.8 Å². The molecule has 7 heteroatoms. The number of para-hydroxylation sites is 1. The first-order valence-electron chi connectivity index (χ1n) is 13.6. The van der Waals surface area contributed by atoms with E-state index in [4.69, 9.17) is 4.42 Å². The third-order valence-corrected chi connectivity index (χ3v) is 7.34. The van der Waals surface area contributed by atoms with Crippen molar-refractivity contribution in [2.75, 3.05) is 0 Å². The van der Waals surface area contributed by atoms with Crippen molar-refractivity contribution in [1.82, 2.24) is 15.6 Å². The largest absolute Gasteiger partial charge is 0.480 e. The Balaban J connectivity index is 0.000000207. The molecular weight excluding hydrogens is 466 g/mol. The standard InChI is InChI=1S/C18H16N2O4.C12H23N/c21-17(8-7-13-4-3-9-24-13)20-16(18(22)23)10-12-11-19-15-6-2-1-5-14(12)15;1-3-7-11(8-4-1)13-12-9-5-2-6-10-12/h1-9,11,16,19H,10H2,(H,20,21)(H,22,23);11-13H,1-10H2/b8-7+;/t16-;/m0./s1. The van der Waals surface area contributed by atoms with Crippen molar-refractivity contribution < 1.29 is 19.1 Å². The molecule has 0 unspecified atom stereocenters. The second-order valence-corrected chi connectivity index (χ2v) is 10.1. The predicted octanol–water partition coefficient (Wildman–Crippen LogP) is 5.83. The SMILES string of the molecule is C1CCC(NC2CCCCC2)CC1.O=C(/C=C/c1ccco1)N[C@@H](Cc1c[nH]c2ccccc12)C(=O)O. The molecule has 2 aromatic heterocycles. The van der Waals surface area contributed by atoms with E-state index in [9.17, 15) is 14.7 Å². The van der Waals surface area contributed by atoms with Crippen molar-refractivity contribution >= 4 is 28.9 Å². The predicted molar refractivity (Wildman–Crippen MR) is 146 cm³/mol. The summed E-state index contributed by atoms with van der Waals surface area (Å²) in [5.74, 6) is -1.05. The number of carboxylic acid groups (broad SMARTS) is 1. The lowest BCUT2D eigenvalue weighted by Gasteiger charge is -2.30. The molecule has 0 saturated heterocycles. The lowest BCUT2D eigenvalue weighted by atomic mass is 9.91. The van der Waals surface area contributed by atoms with E-state index in [0.717, 1.165) is 28.6 Å². The van der Waals surface area contributed by atoms with Crippen LogP contribution in [0.25, 0.3) is 17.0 Å². The zero-order valence-corrected chi connectivity index (χ0v) is 21.5. The molecule has 2 heterocycles. The van der Waals surface area contributed by atoms with Gasteiger partial charge in [-0.05, 0) is 55.5 Å². The Labute approximate surface area is 218 Å². The van der Waals surface area contributed by atoms with Gasteiger partial charge in [-0.15, -0.1) is 0 Å². The van der Waals surface area contributed by atoms with Crippen molar-refractivity contribution in [3.05, 3.63) is 66.3 Å². The number of furan rings is 1. The van der Waals surface area contributed by atoms with Crippen molar-refractivity contribution in [3.8, 4) is 0 Å². The van der Waals surface area contributed by atoms with Crippen molar-refractivity contribution in [2.24, 2.45) is 0 Å². The molecule has 1 atom stereocenters. The van der Waals surface area contributed by atoms with Crippen LogP contribution in [0.1, 0.15) is 75.5 Å². The second kappa shape index (κ2) is 13.8. The first-order chi connectivity index (χ1) is 18.1. The number of aromatic nitrogens is 1. The molecule has 7 nitrogen and oxygen atoms in total. The minimum atomic E-state index is -1.08. The maximum absolute atomic E-state index is 11.9. The Morgan fingerprint density at radius 3 is 2.27 bits per heavy atom. The van der Waals surface area contributed by atoms with E-state index in [1.165, 1.54) is 82.6 Å². The Bertz CT molecular complexity index is 1120. The fraction of sp³-hybridized carbons (Fsp3) is 0.467. The number of H-pyrrole nitrogens is 1. The highest BCUT2D eigenvalue weighted by Gasteiger charge is 2.21. The number of benzene rings is 1. The maximum atomic E-state index is 11.9. The molecule has 1 amide bonds. The molecule has 2 aliphatic rings. The molecule has 1 aromatic carbocycles. The van der Waals surface area contributed by atoms with Crippen LogP contribution in [0.4, 0.5) is 0 Å². The number of aliphatic carboxylic acids is 1. The lowest BCUT2D eigenvalue weighted by molar-refractivity contribution is -0.141. The Kier molecular flexibility index (Phi) is 10.0. The van der Waals surface area contributed by atoms with Gasteiger partial charge in [0.25, 0.3) is 0 Å². The third-order valence-electron chi connectivity index (χ3n) is 7.34. The van der Waals surface area contributed by atoms with Crippen molar-refractivity contribution in [2.45, 2.75) is 88.8 Å². The quantitative estimate of drug-likeness (QED) is 0.288. The van der Waals surface area contributed by atoms with Crippen LogP contribution >= 0.6 is 0 Å². The number of fused-ring (bicyclic) bond motifs is 1. The fourth-order valence-electron chi connectivity index (χ4n) is 5.36. The molecule has 0 bridgehead atoms. The topological polar surface area (TPSA) is 107 Å². The monoisotopic (exact) mass is 505 g/mol. The van der Waals surface area contributed by atoms with Gasteiger partial charge in [0.05, 0.1) is 6.26 Å². The molecule has 2 saturated carbocycles. The van der Waals surface area contributed by atoms with Crippen LogP contribution in [0.2, 0.25) is 0 Å². The summed E-state index contributed by atoms with van der Waals surface area (Å²) >= 11 is 0. The summed E-state index contributed by atoms with van der Waals surface area (Å²) in [4.78, 5) is 26.5. The van der Waals surface area contributed by atoms with Crippen LogP contribution in [0.5, 0.6) is 0 Å². The summed E-state index contributed by atoms with van der Waals surface area (Å²) < 4.78 is 5.08. The van der Waals surface area contributed by atoms with E-state index in [0.29, 0.717) is 5.76 Å². The summed E-state index contributed by atoms with van der Waals surface area (Å²) in [5, 5.41) is 16.7. The molecule has 3 aromatic rings. The van der Waals surface area contributed by atoms with Crippen LogP contribution in [-0.2, 0) is 16.0 Å². The van der Waals surface area contributed by atoms with Gasteiger partial charge in [0, 0.05) is 41.7 Å². The molecule has 198 valence electrons. The molecule has 4 N–H and O–H groups in total. The minimum absolute atomic E-state index is 0.194. The van der Waals surface area contributed by atoms with E-state index < -0.39 is 17.9 Å². The van der Waals surface area contributed by atoms with E-state index in [2.05, 4.69) is 15.6 Å². The van der Waals surface area contributed by atoms with Crippen LogP contribution < -0.4 is 10.6 Å². The van der Waals surface area contributed by atoms with E-state index in [1.54, 1.807) is 18.3 Å². The highest BCUT2D eigenvalue weighted by Crippen LogP contribution is 2.23. The zero-order chi connectivity index (χ0) is 25.9. The molecule has 0 spiro atoms. The number of carbonyl (C=O) groups excluding carboxylic acids is 1. The molecule has 37 heavy (non-hydrogen) atoms. The van der Waals surface area contributed by atoms with Gasteiger partial charge in [-0.3, -0.25) is 4.79 Å². The summed E-state index contributed by atoms with van der Waals surface area (Å²) in [6, 6.07) is 11.8. The van der Waals surface area contributed by atoms with E-state index >= 15 is 0 Å². The molecule has 2 fully saturated rings. The summed E-state index contributed by atoms with van der Waals surface area (Å²) in [7, 11) is 0. The Morgan fingerprint density at radius 1 is 0.973 bits per heavy atom. The highest BCUT2D eigenvalue weighted by molar-refractivity contribution is 5.94. The molecule has 0 aliphatic heterocycles. The first kappa shape index (κ1) is 26.7. The molecule has 5 rings (SSSR count). The van der Waals surface area contributed by atoms with E-state index in [-0.39, 0.29) is 6.42 Å². The number of amides is 1. The van der Waals surface area contributed by atoms with Gasteiger partial charge in [-0.25, -0.2) is 4.79 Å². The normalized spacial score (nSPS) is 17.8. The summed E-state index contributed by atoms with van der Waals surface area (Å²) in [6.07, 6.45) is 20.8. The van der Waals surface area contributed by atoms with E-state index in [1.807, 2.05) is 24.3 Å². The Hall–Kier alpha value is -3.32. The van der Waals surface area contributed by atoms with Gasteiger partial charge in [0.2, 0.25) is 5.91 Å². The molecular formula is C30H39N3O4. The lowest BCUT2D eigenvalue weighted by Crippen LogP contribution is -2.41. The second-order valence-electron chi connectivity index (χ2n) is 10.1.